The van der Waals surface area contributed by atoms with Gasteiger partial charge in [0.2, 0.25) is 0 Å². The number of likely N-dealkylation sites (tertiary alicyclic amines) is 1. The van der Waals surface area contributed by atoms with Gasteiger partial charge in [-0.15, -0.1) is 0 Å². The lowest BCUT2D eigenvalue weighted by Crippen LogP contribution is -2.68. The predicted octanol–water partition coefficient (Wildman–Crippen LogP) is 5.43. The molecule has 2 saturated heterocycles. The molecule has 6 rings (SSSR count). The summed E-state index contributed by atoms with van der Waals surface area (Å²) in [6, 6.07) is 12.7. The highest BCUT2D eigenvalue weighted by atomic mass is 19.4. The van der Waals surface area contributed by atoms with Crippen LogP contribution in [0.5, 0.6) is 5.75 Å². The Morgan fingerprint density at radius 1 is 1.09 bits per heavy atom. The smallest absolute Gasteiger partial charge is 0.406 e. The standard InChI is InChI=1S/C34H39F4N5O3/c1-39-32(44)23-7-12-29(31(16-23)46-15-13-35)40-14-3-4-26-17-27-28(5-2-6-30(27)43(26)20-34(36,37)38)41-24-8-10-25(11-9-24)42-18-33(19-42)21-45-22-33/h2,5-7,12,16-17,24-25,40-41H,8-11,13-15,18-22H2,1H3,(H,39,44). The lowest BCUT2D eigenvalue weighted by Gasteiger charge is -2.58. The van der Waals surface area contributed by atoms with Crippen molar-refractivity contribution in [2.24, 2.45) is 5.41 Å². The van der Waals surface area contributed by atoms with Gasteiger partial charge in [-0.3, -0.25) is 9.69 Å². The quantitative estimate of drug-likeness (QED) is 0.203. The molecule has 3 fully saturated rings. The molecule has 3 aromatic rings. The van der Waals surface area contributed by atoms with Crippen molar-refractivity contribution in [3.8, 4) is 17.6 Å². The molecule has 1 saturated carbocycles. The molecule has 0 unspecified atom stereocenters. The summed E-state index contributed by atoms with van der Waals surface area (Å²) in [6.07, 6.45) is -0.233. The number of carbonyl (C=O) groups excluding carboxylic acids is 1. The average Bonchev–Trinajstić information content (AvgIpc) is 3.34. The Bertz CT molecular complexity index is 1610. The maximum absolute atomic E-state index is 13.7. The summed E-state index contributed by atoms with van der Waals surface area (Å²) < 4.78 is 66.0. The number of amides is 1. The molecule has 46 heavy (non-hydrogen) atoms. The van der Waals surface area contributed by atoms with E-state index in [0.29, 0.717) is 33.6 Å². The lowest BCUT2D eigenvalue weighted by molar-refractivity contribution is -0.200. The maximum atomic E-state index is 13.7. The Hall–Kier alpha value is -3.95. The third-order valence-electron chi connectivity index (χ3n) is 9.14. The summed E-state index contributed by atoms with van der Waals surface area (Å²) >= 11 is 0. The van der Waals surface area contributed by atoms with E-state index >= 15 is 0 Å². The second-order valence-corrected chi connectivity index (χ2v) is 12.5. The van der Waals surface area contributed by atoms with Gasteiger partial charge in [0.05, 0.1) is 36.7 Å². The molecule has 3 N–H and O–H groups in total. The van der Waals surface area contributed by atoms with Crippen molar-refractivity contribution in [3.05, 3.63) is 53.7 Å². The molecule has 3 heterocycles. The van der Waals surface area contributed by atoms with Crippen molar-refractivity contribution in [3.63, 3.8) is 0 Å². The highest BCUT2D eigenvalue weighted by molar-refractivity contribution is 5.95. The first-order valence-corrected chi connectivity index (χ1v) is 15.7. The van der Waals surface area contributed by atoms with Crippen LogP contribution < -0.4 is 20.7 Å². The second kappa shape index (κ2) is 13.4. The number of anilines is 2. The van der Waals surface area contributed by atoms with Gasteiger partial charge in [0.15, 0.2) is 0 Å². The van der Waals surface area contributed by atoms with Crippen LogP contribution in [0.15, 0.2) is 42.5 Å². The summed E-state index contributed by atoms with van der Waals surface area (Å²) in [5.41, 5.74) is 2.76. The van der Waals surface area contributed by atoms with Crippen LogP contribution in [0.3, 0.4) is 0 Å². The van der Waals surface area contributed by atoms with Crippen molar-refractivity contribution in [1.82, 2.24) is 14.8 Å². The van der Waals surface area contributed by atoms with Gasteiger partial charge in [-0.2, -0.15) is 13.2 Å². The molecule has 0 bridgehead atoms. The second-order valence-electron chi connectivity index (χ2n) is 12.5. The van der Waals surface area contributed by atoms with Crippen molar-refractivity contribution in [2.75, 3.05) is 63.8 Å². The molecule has 2 aromatic carbocycles. The average molecular weight is 642 g/mol. The molecule has 8 nitrogen and oxygen atoms in total. The van der Waals surface area contributed by atoms with Crippen LogP contribution in [0.1, 0.15) is 41.7 Å². The summed E-state index contributed by atoms with van der Waals surface area (Å²) in [7, 11) is 1.50. The van der Waals surface area contributed by atoms with Gasteiger partial charge in [0.1, 0.15) is 25.6 Å². The highest BCUT2D eigenvalue weighted by Gasteiger charge is 2.50. The first kappa shape index (κ1) is 32.0. The fraction of sp³-hybridized carbons (Fsp3) is 0.500. The van der Waals surface area contributed by atoms with Crippen LogP contribution in [0.25, 0.3) is 10.9 Å². The highest BCUT2D eigenvalue weighted by Crippen LogP contribution is 2.41. The van der Waals surface area contributed by atoms with E-state index in [0.717, 1.165) is 57.7 Å². The van der Waals surface area contributed by atoms with Crippen LogP contribution in [-0.2, 0) is 11.3 Å². The Kier molecular flexibility index (Phi) is 9.34. The van der Waals surface area contributed by atoms with Crippen LogP contribution in [0.4, 0.5) is 28.9 Å². The van der Waals surface area contributed by atoms with Gasteiger partial charge in [-0.1, -0.05) is 12.0 Å². The van der Waals surface area contributed by atoms with Crippen LogP contribution in [0, 0.1) is 17.3 Å². The topological polar surface area (TPSA) is 79.8 Å². The first-order valence-electron chi connectivity index (χ1n) is 15.7. The Morgan fingerprint density at radius 3 is 2.54 bits per heavy atom. The number of nitrogens with one attached hydrogen (secondary N) is 3. The number of rotatable bonds is 10. The van der Waals surface area contributed by atoms with Crippen LogP contribution in [0.2, 0.25) is 0 Å². The number of ether oxygens (including phenoxy) is 2. The number of benzene rings is 2. The van der Waals surface area contributed by atoms with Gasteiger partial charge >= 0.3 is 6.18 Å². The number of alkyl halides is 4. The van der Waals surface area contributed by atoms with Gasteiger partial charge in [-0.05, 0) is 68.0 Å². The SMILES string of the molecule is CNC(=O)c1ccc(NCC#Cc2cc3c(NC4CCC(N5CC6(COC6)C5)CC4)cccc3n2CC(F)(F)F)c(OCCF)c1. The van der Waals surface area contributed by atoms with E-state index in [1.54, 1.807) is 30.3 Å². The van der Waals surface area contributed by atoms with Gasteiger partial charge in [0, 0.05) is 54.3 Å². The molecule has 3 aliphatic rings. The van der Waals surface area contributed by atoms with Crippen molar-refractivity contribution >= 4 is 28.2 Å². The van der Waals surface area contributed by atoms with Gasteiger partial charge in [0.25, 0.3) is 5.91 Å². The van der Waals surface area contributed by atoms with Gasteiger partial charge in [-0.25, -0.2) is 4.39 Å². The minimum atomic E-state index is -4.43. The fourth-order valence-electron chi connectivity index (χ4n) is 6.81. The minimum Gasteiger partial charge on any atom is -0.489 e. The Labute approximate surface area is 265 Å². The number of carbonyl (C=O) groups is 1. The molecule has 1 aliphatic carbocycles. The summed E-state index contributed by atoms with van der Waals surface area (Å²) in [5, 5.41) is 9.92. The third-order valence-corrected chi connectivity index (χ3v) is 9.14. The molecular formula is C34H39F4N5O3. The van der Waals surface area contributed by atoms with Crippen molar-refractivity contribution in [1.29, 1.82) is 0 Å². The molecule has 1 spiro atoms. The van der Waals surface area contributed by atoms with E-state index in [1.165, 1.54) is 17.7 Å². The largest absolute Gasteiger partial charge is 0.489 e. The van der Waals surface area contributed by atoms with Gasteiger partial charge < -0.3 is 30.0 Å². The monoisotopic (exact) mass is 641 g/mol. The zero-order valence-electron chi connectivity index (χ0n) is 25.8. The molecule has 1 amide bonds. The molecular weight excluding hydrogens is 602 g/mol. The molecule has 0 atom stereocenters. The van der Waals surface area contributed by atoms with E-state index in [2.05, 4.69) is 32.7 Å². The van der Waals surface area contributed by atoms with Crippen LogP contribution in [-0.4, -0.2) is 86.8 Å². The number of hydrogen-bond acceptors (Lipinski definition) is 6. The van der Waals surface area contributed by atoms with E-state index in [9.17, 15) is 22.4 Å². The van der Waals surface area contributed by atoms with Crippen LogP contribution >= 0.6 is 0 Å². The number of hydrogen-bond donors (Lipinski definition) is 3. The number of aromatic nitrogens is 1. The van der Waals surface area contributed by atoms with E-state index in [4.69, 9.17) is 9.47 Å². The zero-order valence-corrected chi connectivity index (χ0v) is 25.8. The number of halogens is 4. The molecule has 246 valence electrons. The van der Waals surface area contributed by atoms with Crippen molar-refractivity contribution in [2.45, 2.75) is 50.5 Å². The summed E-state index contributed by atoms with van der Waals surface area (Å²) in [4.78, 5) is 14.6. The maximum Gasteiger partial charge on any atom is 0.406 e. The summed E-state index contributed by atoms with van der Waals surface area (Å²) in [6.45, 7) is 2.03. The lowest BCUT2D eigenvalue weighted by atomic mass is 9.75. The fourth-order valence-corrected chi connectivity index (χ4v) is 6.81. The van der Waals surface area contributed by atoms with Crippen molar-refractivity contribution < 1.29 is 31.8 Å². The van der Waals surface area contributed by atoms with E-state index < -0.39 is 19.4 Å². The number of nitrogens with zero attached hydrogens (tertiary/aromatic N) is 2. The molecule has 12 heteroatoms. The molecule has 2 aliphatic heterocycles. The minimum absolute atomic E-state index is 0.0817. The summed E-state index contributed by atoms with van der Waals surface area (Å²) in [5.74, 6) is 5.79. The Morgan fingerprint density at radius 2 is 1.87 bits per heavy atom. The Balaban J connectivity index is 1.15. The predicted molar refractivity (Wildman–Crippen MR) is 169 cm³/mol. The zero-order chi connectivity index (χ0) is 32.3. The molecule has 1 aromatic heterocycles. The normalized spacial score (nSPS) is 20.7. The number of fused-ring (bicyclic) bond motifs is 1. The third kappa shape index (κ3) is 7.05. The van der Waals surface area contributed by atoms with E-state index in [1.807, 2.05) is 6.07 Å². The molecule has 0 radical (unpaired) electrons. The van der Waals surface area contributed by atoms with E-state index in [-0.39, 0.29) is 36.5 Å². The first-order chi connectivity index (χ1) is 22.2.